The van der Waals surface area contributed by atoms with Gasteiger partial charge in [-0.15, -0.1) is 0 Å². The van der Waals surface area contributed by atoms with Crippen LogP contribution in [-0.4, -0.2) is 16.8 Å². The van der Waals surface area contributed by atoms with Crippen molar-refractivity contribution in [1.82, 2.24) is 0 Å². The second kappa shape index (κ2) is 8.07. The summed E-state index contributed by atoms with van der Waals surface area (Å²) in [6.45, 7) is 1.78. The molecule has 2 aromatic carbocycles. The van der Waals surface area contributed by atoms with Crippen LogP contribution in [0.25, 0.3) is 0 Å². The van der Waals surface area contributed by atoms with Crippen molar-refractivity contribution in [3.05, 3.63) is 63.7 Å². The van der Waals surface area contributed by atoms with Crippen molar-refractivity contribution in [1.29, 1.82) is 0 Å². The number of nitrogens with two attached hydrogens (primary N) is 1. The third-order valence-corrected chi connectivity index (χ3v) is 5.70. The van der Waals surface area contributed by atoms with Crippen LogP contribution in [0.15, 0.2) is 35.3 Å². The number of benzene rings is 2. The highest BCUT2D eigenvalue weighted by Crippen LogP contribution is 2.37. The van der Waals surface area contributed by atoms with Gasteiger partial charge >= 0.3 is 6.18 Å². The number of carbonyl (C=O) groups is 1. The van der Waals surface area contributed by atoms with Gasteiger partial charge < -0.3 is 11.1 Å². The molecule has 2 aromatic rings. The lowest BCUT2D eigenvalue weighted by molar-refractivity contribution is -0.137. The molecule has 0 fully saturated rings. The lowest BCUT2D eigenvalue weighted by Gasteiger charge is -2.30. The molecule has 1 atom stereocenters. The van der Waals surface area contributed by atoms with Crippen LogP contribution in [0.2, 0.25) is 5.02 Å². The van der Waals surface area contributed by atoms with Gasteiger partial charge in [-0.1, -0.05) is 29.4 Å². The zero-order valence-electron chi connectivity index (χ0n) is 15.4. The molecular formula is C19H15ClF5N3OS. The average molecular weight is 464 g/mol. The second-order valence-electron chi connectivity index (χ2n) is 6.79. The quantitative estimate of drug-likeness (QED) is 0.586. The van der Waals surface area contributed by atoms with Gasteiger partial charge in [-0.05, 0) is 43.2 Å². The van der Waals surface area contributed by atoms with Crippen LogP contribution in [0.4, 0.5) is 27.6 Å². The maximum Gasteiger partial charge on any atom is 0.416 e. The van der Waals surface area contributed by atoms with E-state index in [4.69, 9.17) is 17.3 Å². The van der Waals surface area contributed by atoms with Gasteiger partial charge in [-0.3, -0.25) is 9.79 Å². The molecule has 0 aliphatic carbocycles. The SMILES string of the molecule is CC1(c2ccc(F)c(NC(=O)c3cc(C(F)(F)F)cc(Cl)c3F)c2)CCSC(N)=N1. The molecule has 1 amide bonds. The molecule has 160 valence electrons. The monoisotopic (exact) mass is 463 g/mol. The normalized spacial score (nSPS) is 19.4. The molecule has 0 radical (unpaired) electrons. The Morgan fingerprint density at radius 1 is 1.27 bits per heavy atom. The lowest BCUT2D eigenvalue weighted by atomic mass is 9.89. The van der Waals surface area contributed by atoms with Crippen molar-refractivity contribution in [2.24, 2.45) is 10.7 Å². The first kappa shape index (κ1) is 22.4. The zero-order chi connectivity index (χ0) is 22.3. The van der Waals surface area contributed by atoms with Crippen LogP contribution in [0.5, 0.6) is 0 Å². The van der Waals surface area contributed by atoms with Crippen molar-refractivity contribution in [3.63, 3.8) is 0 Å². The first-order chi connectivity index (χ1) is 13.9. The van der Waals surface area contributed by atoms with Crippen LogP contribution >= 0.6 is 23.4 Å². The van der Waals surface area contributed by atoms with Crippen molar-refractivity contribution in [2.45, 2.75) is 25.1 Å². The summed E-state index contributed by atoms with van der Waals surface area (Å²) in [5.41, 5.74) is 2.95. The summed E-state index contributed by atoms with van der Waals surface area (Å²) in [5, 5.41) is 1.60. The predicted octanol–water partition coefficient (Wildman–Crippen LogP) is 5.56. The Morgan fingerprint density at radius 2 is 1.97 bits per heavy atom. The highest BCUT2D eigenvalue weighted by atomic mass is 35.5. The molecule has 1 aliphatic rings. The van der Waals surface area contributed by atoms with E-state index in [0.29, 0.717) is 35.0 Å². The summed E-state index contributed by atoms with van der Waals surface area (Å²) in [4.78, 5) is 16.8. The second-order valence-corrected chi connectivity index (χ2v) is 8.31. The summed E-state index contributed by atoms with van der Waals surface area (Å²) in [6.07, 6.45) is -4.25. The molecule has 0 saturated carbocycles. The van der Waals surface area contributed by atoms with Crippen LogP contribution in [0.3, 0.4) is 0 Å². The van der Waals surface area contributed by atoms with Gasteiger partial charge in [0.05, 0.1) is 27.4 Å². The van der Waals surface area contributed by atoms with Crippen molar-refractivity contribution in [3.8, 4) is 0 Å². The molecular weight excluding hydrogens is 449 g/mol. The number of carbonyl (C=O) groups excluding carboxylic acids is 1. The fourth-order valence-corrected chi connectivity index (χ4v) is 4.15. The number of aliphatic imine (C=N–C) groups is 1. The van der Waals surface area contributed by atoms with Crippen molar-refractivity contribution in [2.75, 3.05) is 11.1 Å². The molecule has 1 unspecified atom stereocenters. The van der Waals surface area contributed by atoms with E-state index in [-0.39, 0.29) is 5.69 Å². The lowest BCUT2D eigenvalue weighted by Crippen LogP contribution is -2.29. The Morgan fingerprint density at radius 3 is 2.60 bits per heavy atom. The number of alkyl halides is 3. The number of thioether (sulfide) groups is 1. The Kier molecular flexibility index (Phi) is 6.01. The molecule has 0 saturated heterocycles. The number of nitrogens with one attached hydrogen (secondary N) is 1. The maximum atomic E-state index is 14.3. The smallest absolute Gasteiger partial charge is 0.379 e. The van der Waals surface area contributed by atoms with Crippen molar-refractivity contribution < 1.29 is 26.7 Å². The molecule has 0 bridgehead atoms. The Hall–Kier alpha value is -2.33. The Labute approximate surface area is 177 Å². The summed E-state index contributed by atoms with van der Waals surface area (Å²) < 4.78 is 67.4. The van der Waals surface area contributed by atoms with Gasteiger partial charge in [0, 0.05) is 5.75 Å². The van der Waals surface area contributed by atoms with Crippen LogP contribution < -0.4 is 11.1 Å². The predicted molar refractivity (Wildman–Crippen MR) is 107 cm³/mol. The number of nitrogens with zero attached hydrogens (tertiary/aromatic N) is 1. The number of hydrogen-bond acceptors (Lipinski definition) is 4. The highest BCUT2D eigenvalue weighted by Gasteiger charge is 2.34. The van der Waals surface area contributed by atoms with E-state index < -0.39 is 45.4 Å². The van der Waals surface area contributed by atoms with E-state index in [0.717, 1.165) is 6.07 Å². The Bertz CT molecular complexity index is 1040. The third-order valence-electron chi connectivity index (χ3n) is 4.63. The molecule has 0 aromatic heterocycles. The molecule has 30 heavy (non-hydrogen) atoms. The standard InChI is InChI=1S/C19H15ClF5N3OS/c1-18(4-5-30-17(26)28-18)9-2-3-13(21)14(8-9)27-16(29)11-6-10(19(23,24)25)7-12(20)15(11)22/h2-3,6-8H,4-5H2,1H3,(H2,26,28)(H,27,29). The number of amidine groups is 1. The fraction of sp³-hybridized carbons (Fsp3) is 0.263. The zero-order valence-corrected chi connectivity index (χ0v) is 17.0. The molecule has 3 N–H and O–H groups in total. The molecule has 1 aliphatic heterocycles. The number of rotatable bonds is 3. The van der Waals surface area contributed by atoms with Crippen LogP contribution in [-0.2, 0) is 11.7 Å². The molecule has 4 nitrogen and oxygen atoms in total. The fourth-order valence-electron chi connectivity index (χ4n) is 2.96. The van der Waals surface area contributed by atoms with Gasteiger partial charge in [0.25, 0.3) is 5.91 Å². The topological polar surface area (TPSA) is 67.5 Å². The van der Waals surface area contributed by atoms with E-state index in [1.807, 2.05) is 0 Å². The van der Waals surface area contributed by atoms with E-state index >= 15 is 0 Å². The first-order valence-corrected chi connectivity index (χ1v) is 9.93. The van der Waals surface area contributed by atoms with Gasteiger partial charge in [-0.2, -0.15) is 13.2 Å². The highest BCUT2D eigenvalue weighted by molar-refractivity contribution is 8.13. The summed E-state index contributed by atoms with van der Waals surface area (Å²) in [7, 11) is 0. The minimum Gasteiger partial charge on any atom is -0.379 e. The van der Waals surface area contributed by atoms with Crippen LogP contribution in [0, 0.1) is 11.6 Å². The maximum absolute atomic E-state index is 14.3. The first-order valence-electron chi connectivity index (χ1n) is 8.56. The Balaban J connectivity index is 1.97. The minimum atomic E-state index is -4.84. The summed E-state index contributed by atoms with van der Waals surface area (Å²) >= 11 is 6.88. The largest absolute Gasteiger partial charge is 0.416 e. The number of hydrogen-bond donors (Lipinski definition) is 2. The molecule has 3 rings (SSSR count). The van der Waals surface area contributed by atoms with E-state index in [1.165, 1.54) is 23.9 Å². The van der Waals surface area contributed by atoms with E-state index in [9.17, 15) is 26.7 Å². The van der Waals surface area contributed by atoms with Gasteiger partial charge in [0.15, 0.2) is 11.0 Å². The van der Waals surface area contributed by atoms with E-state index in [2.05, 4.69) is 10.3 Å². The molecule has 1 heterocycles. The number of amides is 1. The minimum absolute atomic E-state index is 0.322. The van der Waals surface area contributed by atoms with Crippen molar-refractivity contribution >= 4 is 40.1 Å². The number of anilines is 1. The number of halogens is 6. The summed E-state index contributed by atoms with van der Waals surface area (Å²) in [6, 6.07) is 4.55. The van der Waals surface area contributed by atoms with Gasteiger partial charge in [0.2, 0.25) is 0 Å². The van der Waals surface area contributed by atoms with Crippen LogP contribution in [0.1, 0.15) is 34.8 Å². The molecule has 0 spiro atoms. The molecule has 11 heteroatoms. The average Bonchev–Trinajstić information content (AvgIpc) is 2.64. The van der Waals surface area contributed by atoms with Gasteiger partial charge in [-0.25, -0.2) is 8.78 Å². The third kappa shape index (κ3) is 4.54. The van der Waals surface area contributed by atoms with Gasteiger partial charge in [0.1, 0.15) is 5.82 Å². The summed E-state index contributed by atoms with van der Waals surface area (Å²) in [5.74, 6) is -2.79. The van der Waals surface area contributed by atoms with E-state index in [1.54, 1.807) is 6.92 Å².